The van der Waals surface area contributed by atoms with Crippen LogP contribution in [0.25, 0.3) is 0 Å². The Morgan fingerprint density at radius 2 is 2.00 bits per heavy atom. The average molecular weight is 347 g/mol. The minimum atomic E-state index is -0.125. The zero-order valence-corrected chi connectivity index (χ0v) is 15.0. The van der Waals surface area contributed by atoms with Gasteiger partial charge in [-0.1, -0.05) is 19.3 Å². The standard InChI is InChI=1S/C18H29N5O2/c1-13-16(8-5-9-19-13)22-18(25)14-10-20-23(11-14)12-17(24)21-15-6-3-2-4-7-15/h10-11,13,15-16,19H,2-9,12H2,1H3,(H,21,24)(H,22,25). The average Bonchev–Trinajstić information content (AvgIpc) is 3.06. The van der Waals surface area contributed by atoms with Gasteiger partial charge < -0.3 is 16.0 Å². The monoisotopic (exact) mass is 347 g/mol. The van der Waals surface area contributed by atoms with E-state index in [1.54, 1.807) is 6.20 Å². The van der Waals surface area contributed by atoms with E-state index in [4.69, 9.17) is 0 Å². The van der Waals surface area contributed by atoms with Crippen LogP contribution < -0.4 is 16.0 Å². The van der Waals surface area contributed by atoms with E-state index in [-0.39, 0.29) is 30.4 Å². The molecule has 2 unspecified atom stereocenters. The first-order valence-electron chi connectivity index (χ1n) is 9.48. The number of amides is 2. The summed E-state index contributed by atoms with van der Waals surface area (Å²) < 4.78 is 1.54. The summed E-state index contributed by atoms with van der Waals surface area (Å²) in [7, 11) is 0. The maximum atomic E-state index is 12.4. The Labute approximate surface area is 148 Å². The van der Waals surface area contributed by atoms with Gasteiger partial charge in [-0.05, 0) is 39.2 Å². The highest BCUT2D eigenvalue weighted by atomic mass is 16.2. The Morgan fingerprint density at radius 1 is 1.20 bits per heavy atom. The minimum Gasteiger partial charge on any atom is -0.352 e. The molecule has 2 fully saturated rings. The van der Waals surface area contributed by atoms with Crippen LogP contribution in [0, 0.1) is 0 Å². The predicted octanol–water partition coefficient (Wildman–Crippen LogP) is 1.20. The van der Waals surface area contributed by atoms with Gasteiger partial charge in [-0.15, -0.1) is 0 Å². The lowest BCUT2D eigenvalue weighted by Crippen LogP contribution is -2.51. The van der Waals surface area contributed by atoms with Crippen LogP contribution in [0.1, 0.15) is 62.2 Å². The molecule has 25 heavy (non-hydrogen) atoms. The van der Waals surface area contributed by atoms with Gasteiger partial charge in [0.05, 0.1) is 11.8 Å². The van der Waals surface area contributed by atoms with Crippen molar-refractivity contribution in [3.05, 3.63) is 18.0 Å². The molecule has 0 aromatic carbocycles. The van der Waals surface area contributed by atoms with Gasteiger partial charge in [0.1, 0.15) is 6.54 Å². The zero-order valence-electron chi connectivity index (χ0n) is 15.0. The predicted molar refractivity (Wildman–Crippen MR) is 95.2 cm³/mol. The van der Waals surface area contributed by atoms with Gasteiger partial charge in [-0.3, -0.25) is 14.3 Å². The summed E-state index contributed by atoms with van der Waals surface area (Å²) >= 11 is 0. The molecule has 1 aromatic rings. The molecular weight excluding hydrogens is 318 g/mol. The van der Waals surface area contributed by atoms with Gasteiger partial charge in [0.2, 0.25) is 5.91 Å². The van der Waals surface area contributed by atoms with Crippen LogP contribution in [0.2, 0.25) is 0 Å². The topological polar surface area (TPSA) is 88.0 Å². The van der Waals surface area contributed by atoms with Gasteiger partial charge in [0.25, 0.3) is 5.91 Å². The molecule has 1 saturated carbocycles. The summed E-state index contributed by atoms with van der Waals surface area (Å²) in [5.41, 5.74) is 0.503. The quantitative estimate of drug-likeness (QED) is 0.747. The number of nitrogens with zero attached hydrogens (tertiary/aromatic N) is 2. The number of hydrogen-bond donors (Lipinski definition) is 3. The van der Waals surface area contributed by atoms with E-state index >= 15 is 0 Å². The molecule has 2 aliphatic rings. The van der Waals surface area contributed by atoms with E-state index < -0.39 is 0 Å². The summed E-state index contributed by atoms with van der Waals surface area (Å²) in [6.07, 6.45) is 11.0. The van der Waals surface area contributed by atoms with Crippen LogP contribution in [0.5, 0.6) is 0 Å². The fourth-order valence-corrected chi connectivity index (χ4v) is 3.73. The van der Waals surface area contributed by atoms with Gasteiger partial charge in [0, 0.05) is 24.3 Å². The lowest BCUT2D eigenvalue weighted by atomic mass is 9.95. The fourth-order valence-electron chi connectivity index (χ4n) is 3.73. The molecule has 1 aliphatic heterocycles. The summed E-state index contributed by atoms with van der Waals surface area (Å²) in [5.74, 6) is -0.161. The molecule has 2 amide bonds. The summed E-state index contributed by atoms with van der Waals surface area (Å²) in [6.45, 7) is 3.25. The van der Waals surface area contributed by atoms with Crippen LogP contribution in [0.3, 0.4) is 0 Å². The molecule has 2 heterocycles. The summed E-state index contributed by atoms with van der Waals surface area (Å²) in [5, 5.41) is 13.7. The van der Waals surface area contributed by atoms with Gasteiger partial charge in [-0.2, -0.15) is 5.10 Å². The molecule has 0 bridgehead atoms. The Kier molecular flexibility index (Phi) is 6.07. The third-order valence-corrected chi connectivity index (χ3v) is 5.25. The largest absolute Gasteiger partial charge is 0.352 e. The highest BCUT2D eigenvalue weighted by Crippen LogP contribution is 2.17. The van der Waals surface area contributed by atoms with Crippen molar-refractivity contribution in [3.63, 3.8) is 0 Å². The molecule has 3 N–H and O–H groups in total. The molecule has 3 rings (SSSR count). The molecule has 0 radical (unpaired) electrons. The first-order chi connectivity index (χ1) is 12.1. The highest BCUT2D eigenvalue weighted by molar-refractivity contribution is 5.94. The summed E-state index contributed by atoms with van der Waals surface area (Å²) in [6, 6.07) is 0.702. The van der Waals surface area contributed by atoms with E-state index in [2.05, 4.69) is 28.0 Å². The van der Waals surface area contributed by atoms with E-state index in [0.29, 0.717) is 11.6 Å². The van der Waals surface area contributed by atoms with Gasteiger partial charge in [-0.25, -0.2) is 0 Å². The highest BCUT2D eigenvalue weighted by Gasteiger charge is 2.23. The zero-order chi connectivity index (χ0) is 17.6. The minimum absolute atomic E-state index is 0.0351. The normalized spacial score (nSPS) is 24.7. The Hall–Kier alpha value is -1.89. The van der Waals surface area contributed by atoms with Crippen LogP contribution in [-0.2, 0) is 11.3 Å². The van der Waals surface area contributed by atoms with Crippen molar-refractivity contribution < 1.29 is 9.59 Å². The second kappa shape index (κ2) is 8.47. The van der Waals surface area contributed by atoms with Crippen molar-refractivity contribution in [1.82, 2.24) is 25.7 Å². The van der Waals surface area contributed by atoms with Crippen molar-refractivity contribution >= 4 is 11.8 Å². The number of carbonyl (C=O) groups is 2. The molecule has 2 atom stereocenters. The third-order valence-electron chi connectivity index (χ3n) is 5.25. The number of piperidine rings is 1. The molecule has 138 valence electrons. The number of hydrogen-bond acceptors (Lipinski definition) is 4. The Morgan fingerprint density at radius 3 is 2.76 bits per heavy atom. The van der Waals surface area contributed by atoms with Crippen molar-refractivity contribution in [2.24, 2.45) is 0 Å². The molecule has 1 saturated heterocycles. The van der Waals surface area contributed by atoms with Crippen molar-refractivity contribution in [2.75, 3.05) is 6.54 Å². The lowest BCUT2D eigenvalue weighted by Gasteiger charge is -2.30. The maximum Gasteiger partial charge on any atom is 0.254 e. The SMILES string of the molecule is CC1NCCCC1NC(=O)c1cnn(CC(=O)NC2CCCCC2)c1. The first-order valence-corrected chi connectivity index (χ1v) is 9.48. The van der Waals surface area contributed by atoms with Crippen LogP contribution in [0.4, 0.5) is 0 Å². The van der Waals surface area contributed by atoms with E-state index in [9.17, 15) is 9.59 Å². The number of nitrogens with one attached hydrogen (secondary N) is 3. The number of rotatable bonds is 5. The number of carbonyl (C=O) groups excluding carboxylic acids is 2. The molecule has 1 aromatic heterocycles. The molecule has 1 aliphatic carbocycles. The smallest absolute Gasteiger partial charge is 0.254 e. The van der Waals surface area contributed by atoms with Gasteiger partial charge >= 0.3 is 0 Å². The van der Waals surface area contributed by atoms with E-state index in [1.165, 1.54) is 30.1 Å². The van der Waals surface area contributed by atoms with E-state index in [0.717, 1.165) is 32.2 Å². The van der Waals surface area contributed by atoms with Crippen molar-refractivity contribution in [1.29, 1.82) is 0 Å². The fraction of sp³-hybridized carbons (Fsp3) is 0.722. The van der Waals surface area contributed by atoms with Crippen LogP contribution in [0.15, 0.2) is 12.4 Å². The van der Waals surface area contributed by atoms with Crippen molar-refractivity contribution in [2.45, 2.75) is 76.5 Å². The molecule has 7 nitrogen and oxygen atoms in total. The third kappa shape index (κ3) is 5.04. The van der Waals surface area contributed by atoms with E-state index in [1.807, 2.05) is 0 Å². The van der Waals surface area contributed by atoms with Crippen LogP contribution in [-0.4, -0.2) is 46.3 Å². The Bertz CT molecular complexity index is 594. The number of aromatic nitrogens is 2. The second-order valence-corrected chi connectivity index (χ2v) is 7.29. The van der Waals surface area contributed by atoms with Gasteiger partial charge in [0.15, 0.2) is 0 Å². The Balaban J connectivity index is 1.49. The lowest BCUT2D eigenvalue weighted by molar-refractivity contribution is -0.122. The first kappa shape index (κ1) is 17.9. The molecule has 0 spiro atoms. The molecular formula is C18H29N5O2. The molecule has 7 heteroatoms. The summed E-state index contributed by atoms with van der Waals surface area (Å²) in [4.78, 5) is 24.5. The van der Waals surface area contributed by atoms with Crippen molar-refractivity contribution in [3.8, 4) is 0 Å². The van der Waals surface area contributed by atoms with Crippen LogP contribution >= 0.6 is 0 Å². The maximum absolute atomic E-state index is 12.4. The second-order valence-electron chi connectivity index (χ2n) is 7.29.